The van der Waals surface area contributed by atoms with Crippen molar-refractivity contribution in [3.8, 4) is 34.3 Å². The number of sulfone groups is 1. The number of benzene rings is 3. The maximum Gasteiger partial charge on any atom is 0.269 e. The number of non-ortho nitro benzene ring substituents is 1. The van der Waals surface area contributed by atoms with Gasteiger partial charge in [-0.3, -0.25) is 10.1 Å². The lowest BCUT2D eigenvalue weighted by molar-refractivity contribution is -0.384. The van der Waals surface area contributed by atoms with Crippen molar-refractivity contribution in [2.45, 2.75) is 9.79 Å². The molecule has 0 unspecified atom stereocenters. The maximum absolute atomic E-state index is 13.3. The third kappa shape index (κ3) is 4.01. The molecule has 0 aliphatic carbocycles. The Morgan fingerprint density at radius 1 is 0.909 bits per heavy atom. The molecule has 11 heteroatoms. The Morgan fingerprint density at radius 3 is 2.15 bits per heavy atom. The van der Waals surface area contributed by atoms with E-state index in [9.17, 15) is 18.5 Å². The Kier molecular flexibility index (Phi) is 5.80. The number of rotatable bonds is 7. The fourth-order valence-electron chi connectivity index (χ4n) is 3.26. The molecule has 10 nitrogen and oxygen atoms in total. The highest BCUT2D eigenvalue weighted by atomic mass is 32.2. The van der Waals surface area contributed by atoms with E-state index in [1.807, 2.05) is 0 Å². The van der Waals surface area contributed by atoms with Crippen LogP contribution in [0.25, 0.3) is 22.8 Å². The van der Waals surface area contributed by atoms with Gasteiger partial charge in [0.05, 0.1) is 34.5 Å². The molecule has 4 aromatic rings. The molecule has 1 heterocycles. The molecule has 0 amide bonds. The van der Waals surface area contributed by atoms with E-state index in [-0.39, 0.29) is 32.8 Å². The van der Waals surface area contributed by atoms with Gasteiger partial charge in [0, 0.05) is 12.1 Å². The highest BCUT2D eigenvalue weighted by Gasteiger charge is 2.26. The molecule has 0 saturated carbocycles. The average molecular weight is 467 g/mol. The topological polar surface area (TPSA) is 135 Å². The van der Waals surface area contributed by atoms with Crippen LogP contribution in [0, 0.1) is 10.1 Å². The van der Waals surface area contributed by atoms with Crippen molar-refractivity contribution in [3.63, 3.8) is 0 Å². The van der Waals surface area contributed by atoms with E-state index < -0.39 is 14.8 Å². The Morgan fingerprint density at radius 2 is 1.55 bits per heavy atom. The summed E-state index contributed by atoms with van der Waals surface area (Å²) in [6, 6.07) is 15.9. The van der Waals surface area contributed by atoms with E-state index in [1.165, 1.54) is 38.5 Å². The zero-order valence-electron chi connectivity index (χ0n) is 17.5. The first-order chi connectivity index (χ1) is 15.9. The van der Waals surface area contributed by atoms with E-state index in [4.69, 9.17) is 14.0 Å². The first kappa shape index (κ1) is 22.0. The average Bonchev–Trinajstić information content (AvgIpc) is 3.33. The number of nitrogens with zero attached hydrogens (tertiary/aromatic N) is 3. The summed E-state index contributed by atoms with van der Waals surface area (Å²) in [4.78, 5) is 14.5. The number of hydrogen-bond donors (Lipinski definition) is 0. The van der Waals surface area contributed by atoms with Crippen LogP contribution >= 0.6 is 0 Å². The first-order valence-electron chi connectivity index (χ1n) is 9.51. The van der Waals surface area contributed by atoms with Crippen LogP contribution in [0.2, 0.25) is 0 Å². The van der Waals surface area contributed by atoms with Crippen molar-refractivity contribution >= 4 is 15.5 Å². The van der Waals surface area contributed by atoms with Gasteiger partial charge in [-0.1, -0.05) is 23.4 Å². The molecule has 0 bridgehead atoms. The molecule has 0 atom stereocenters. The van der Waals surface area contributed by atoms with Crippen molar-refractivity contribution in [2.75, 3.05) is 14.2 Å². The summed E-state index contributed by atoms with van der Waals surface area (Å²) >= 11 is 0. The van der Waals surface area contributed by atoms with Crippen molar-refractivity contribution in [1.29, 1.82) is 0 Å². The van der Waals surface area contributed by atoms with Crippen LogP contribution in [0.15, 0.2) is 81.0 Å². The van der Waals surface area contributed by atoms with Crippen LogP contribution < -0.4 is 9.47 Å². The van der Waals surface area contributed by atoms with E-state index in [1.54, 1.807) is 30.3 Å². The molecule has 33 heavy (non-hydrogen) atoms. The minimum atomic E-state index is -4.04. The van der Waals surface area contributed by atoms with Crippen molar-refractivity contribution in [1.82, 2.24) is 10.1 Å². The second-order valence-electron chi connectivity index (χ2n) is 6.71. The number of methoxy groups -OCH3 is 2. The fourth-order valence-corrected chi connectivity index (χ4v) is 4.71. The summed E-state index contributed by atoms with van der Waals surface area (Å²) < 4.78 is 42.7. The molecule has 0 aliphatic rings. The molecule has 3 aromatic carbocycles. The standard InChI is InChI=1S/C22H17N3O7S/c1-30-17-7-5-8-18(31-2)20(17)21-23-22(32-24-21)16-6-3-4-9-19(16)33(28,29)15-12-10-14(11-13-15)25(26)27/h3-13H,1-2H3. The van der Waals surface area contributed by atoms with Gasteiger partial charge in [0.15, 0.2) is 0 Å². The third-order valence-corrected chi connectivity index (χ3v) is 6.67. The van der Waals surface area contributed by atoms with Gasteiger partial charge >= 0.3 is 0 Å². The largest absolute Gasteiger partial charge is 0.496 e. The molecule has 4 rings (SSSR count). The van der Waals surface area contributed by atoms with Crippen molar-refractivity contribution in [3.05, 3.63) is 76.8 Å². The summed E-state index contributed by atoms with van der Waals surface area (Å²) in [5, 5.41) is 14.9. The molecule has 0 aliphatic heterocycles. The highest BCUT2D eigenvalue weighted by molar-refractivity contribution is 7.91. The Balaban J connectivity index is 1.80. The summed E-state index contributed by atoms with van der Waals surface area (Å²) in [5.74, 6) is 1.03. The molecule has 0 fully saturated rings. The van der Waals surface area contributed by atoms with Crippen molar-refractivity contribution < 1.29 is 27.3 Å². The smallest absolute Gasteiger partial charge is 0.269 e. The molecule has 168 valence electrons. The minimum absolute atomic E-state index is 0.0287. The van der Waals surface area contributed by atoms with Gasteiger partial charge in [0.25, 0.3) is 11.6 Å². The lowest BCUT2D eigenvalue weighted by Crippen LogP contribution is -2.04. The van der Waals surface area contributed by atoms with Gasteiger partial charge in [0.1, 0.15) is 17.1 Å². The fraction of sp³-hybridized carbons (Fsp3) is 0.0909. The summed E-state index contributed by atoms with van der Waals surface area (Å²) in [7, 11) is -1.06. The summed E-state index contributed by atoms with van der Waals surface area (Å²) in [5.41, 5.74) is 0.422. The quantitative estimate of drug-likeness (QED) is 0.290. The Bertz CT molecular complexity index is 1410. The van der Waals surface area contributed by atoms with Gasteiger partial charge in [0.2, 0.25) is 15.7 Å². The molecular formula is C22H17N3O7S. The molecular weight excluding hydrogens is 450 g/mol. The van der Waals surface area contributed by atoms with Crippen LogP contribution in [-0.4, -0.2) is 37.7 Å². The maximum atomic E-state index is 13.3. The van der Waals surface area contributed by atoms with Crippen LogP contribution in [0.1, 0.15) is 0 Å². The lowest BCUT2D eigenvalue weighted by Gasteiger charge is -2.09. The monoisotopic (exact) mass is 467 g/mol. The van der Waals surface area contributed by atoms with E-state index in [2.05, 4.69) is 10.1 Å². The van der Waals surface area contributed by atoms with Crippen LogP contribution in [-0.2, 0) is 9.84 Å². The number of aromatic nitrogens is 2. The number of ether oxygens (including phenoxy) is 2. The number of nitro benzene ring substituents is 1. The highest BCUT2D eigenvalue weighted by Crippen LogP contribution is 2.38. The molecule has 0 saturated heterocycles. The predicted octanol–water partition coefficient (Wildman–Crippen LogP) is 4.16. The van der Waals surface area contributed by atoms with Crippen molar-refractivity contribution in [2.24, 2.45) is 0 Å². The normalized spacial score (nSPS) is 11.2. The molecule has 0 spiro atoms. The number of nitro groups is 1. The summed E-state index contributed by atoms with van der Waals surface area (Å²) in [6.07, 6.45) is 0. The summed E-state index contributed by atoms with van der Waals surface area (Å²) in [6.45, 7) is 0. The minimum Gasteiger partial charge on any atom is -0.496 e. The van der Waals surface area contributed by atoms with Crippen LogP contribution in [0.5, 0.6) is 11.5 Å². The van der Waals surface area contributed by atoms with Gasteiger partial charge in [-0.05, 0) is 36.4 Å². The third-order valence-electron chi connectivity index (χ3n) is 4.84. The van der Waals surface area contributed by atoms with Crippen LogP contribution in [0.3, 0.4) is 0 Å². The SMILES string of the molecule is COc1cccc(OC)c1-c1noc(-c2ccccc2S(=O)(=O)c2ccc([N+](=O)[O-])cc2)n1. The zero-order chi connectivity index (χ0) is 23.6. The van der Waals surface area contributed by atoms with Crippen LogP contribution in [0.4, 0.5) is 5.69 Å². The van der Waals surface area contributed by atoms with Gasteiger partial charge in [-0.25, -0.2) is 8.42 Å². The first-order valence-corrected chi connectivity index (χ1v) is 11.0. The van der Waals surface area contributed by atoms with Gasteiger partial charge < -0.3 is 14.0 Å². The lowest BCUT2D eigenvalue weighted by atomic mass is 10.1. The molecule has 1 aromatic heterocycles. The molecule has 0 radical (unpaired) electrons. The van der Waals surface area contributed by atoms with E-state index >= 15 is 0 Å². The Hall–Kier alpha value is -4.25. The molecule has 0 N–H and O–H groups in total. The second-order valence-corrected chi connectivity index (χ2v) is 8.63. The Labute approximate surface area is 188 Å². The van der Waals surface area contributed by atoms with E-state index in [0.29, 0.717) is 17.1 Å². The van der Waals surface area contributed by atoms with Gasteiger partial charge in [-0.15, -0.1) is 0 Å². The zero-order valence-corrected chi connectivity index (χ0v) is 18.3. The number of hydrogen-bond acceptors (Lipinski definition) is 9. The van der Waals surface area contributed by atoms with Gasteiger partial charge in [-0.2, -0.15) is 4.98 Å². The second kappa shape index (κ2) is 8.71. The predicted molar refractivity (Wildman–Crippen MR) is 117 cm³/mol. The van der Waals surface area contributed by atoms with E-state index in [0.717, 1.165) is 12.1 Å².